The fourth-order valence-electron chi connectivity index (χ4n) is 12.9. The lowest BCUT2D eigenvalue weighted by atomic mass is 9.95. The zero-order valence-electron chi connectivity index (χ0n) is 66.2. The van der Waals surface area contributed by atoms with E-state index in [2.05, 4.69) is 77.1 Å². The molecular weight excluding hydrogens is 1230 g/mol. The van der Waals surface area contributed by atoms with Crippen LogP contribution in [0.2, 0.25) is 0 Å². The molecule has 0 heterocycles. The van der Waals surface area contributed by atoms with Gasteiger partial charge in [0.05, 0.1) is 50.1 Å². The molecule has 4 atom stereocenters. The van der Waals surface area contributed by atoms with E-state index in [9.17, 15) is 19.2 Å². The molecule has 0 N–H and O–H groups in total. The Balaban J connectivity index is 5.39. The van der Waals surface area contributed by atoms with Crippen LogP contribution in [0.3, 0.4) is 0 Å². The van der Waals surface area contributed by atoms with Crippen molar-refractivity contribution in [2.45, 2.75) is 351 Å². The van der Waals surface area contributed by atoms with Gasteiger partial charge in [-0.05, 0) is 174 Å². The van der Waals surface area contributed by atoms with E-state index in [0.29, 0.717) is 52.9 Å². The maximum absolute atomic E-state index is 13.0. The van der Waals surface area contributed by atoms with Gasteiger partial charge in [0.25, 0.3) is 0 Å². The van der Waals surface area contributed by atoms with Crippen molar-refractivity contribution >= 4 is 23.9 Å². The first kappa shape index (κ1) is 95.6. The summed E-state index contributed by atoms with van der Waals surface area (Å²) in [7, 11) is 2.26. The van der Waals surface area contributed by atoms with Gasteiger partial charge in [-0.25, -0.2) is 0 Å². The summed E-state index contributed by atoms with van der Waals surface area (Å²) < 4.78 is 47.7. The van der Waals surface area contributed by atoms with Crippen LogP contribution in [0.15, 0.2) is 0 Å². The van der Waals surface area contributed by atoms with Gasteiger partial charge in [-0.1, -0.05) is 209 Å². The van der Waals surface area contributed by atoms with Crippen molar-refractivity contribution in [3.63, 3.8) is 0 Å². The largest absolute Gasteiger partial charge is 0.465 e. The minimum Gasteiger partial charge on any atom is -0.465 e. The van der Waals surface area contributed by atoms with Crippen LogP contribution in [0.4, 0.5) is 0 Å². The van der Waals surface area contributed by atoms with E-state index in [1.54, 1.807) is 0 Å². The normalized spacial score (nSPS) is 13.0. The molecule has 0 aromatic heterocycles. The lowest BCUT2D eigenvalue weighted by Gasteiger charge is -2.26. The Morgan fingerprint density at radius 2 is 0.408 bits per heavy atom. The van der Waals surface area contributed by atoms with Gasteiger partial charge in [0, 0.05) is 79.0 Å². The van der Waals surface area contributed by atoms with E-state index in [0.717, 1.165) is 297 Å². The van der Waals surface area contributed by atoms with Gasteiger partial charge in [-0.3, -0.25) is 19.2 Å². The van der Waals surface area contributed by atoms with Crippen molar-refractivity contribution in [1.82, 2.24) is 14.7 Å². The van der Waals surface area contributed by atoms with Crippen molar-refractivity contribution in [3.8, 4) is 0 Å². The molecule has 0 saturated carbocycles. The molecule has 0 aliphatic heterocycles. The van der Waals surface area contributed by atoms with E-state index < -0.39 is 0 Å². The van der Waals surface area contributed by atoms with E-state index in [4.69, 9.17) is 37.9 Å². The van der Waals surface area contributed by atoms with Crippen LogP contribution in [0.25, 0.3) is 0 Å². The Hall–Kier alpha value is -2.40. The second-order valence-corrected chi connectivity index (χ2v) is 28.8. The van der Waals surface area contributed by atoms with Crippen LogP contribution in [0, 0.1) is 23.7 Å². The fraction of sp³-hybridized carbons (Fsp3) is 0.952. The first-order valence-electron chi connectivity index (χ1n) is 42.2. The molecule has 0 aliphatic carbocycles. The number of ether oxygens (including phenoxy) is 8. The Morgan fingerprint density at radius 1 is 0.214 bits per heavy atom. The molecule has 98 heavy (non-hydrogen) atoms. The van der Waals surface area contributed by atoms with Crippen molar-refractivity contribution in [3.05, 3.63) is 0 Å². The minimum absolute atomic E-state index is 0.00300. The Kier molecular flexibility index (Phi) is 73.9. The topological polar surface area (TPSA) is 152 Å². The van der Waals surface area contributed by atoms with Crippen LogP contribution >= 0.6 is 0 Å². The number of hydrogen-bond acceptors (Lipinski definition) is 15. The Labute approximate surface area is 605 Å². The van der Waals surface area contributed by atoms with Crippen LogP contribution < -0.4 is 0 Å². The van der Waals surface area contributed by atoms with Crippen molar-refractivity contribution in [1.29, 1.82) is 0 Å². The maximum Gasteiger partial charge on any atom is 0.308 e. The van der Waals surface area contributed by atoms with Gasteiger partial charge >= 0.3 is 23.9 Å². The van der Waals surface area contributed by atoms with E-state index in [-0.39, 0.29) is 47.5 Å². The highest BCUT2D eigenvalue weighted by Gasteiger charge is 2.23. The van der Waals surface area contributed by atoms with Crippen molar-refractivity contribution < 1.29 is 57.1 Å². The number of esters is 4. The third-order valence-electron chi connectivity index (χ3n) is 19.4. The number of nitrogens with zero attached hydrogens (tertiary/aromatic N) is 3. The summed E-state index contributed by atoms with van der Waals surface area (Å²) in [5.74, 6) is 0.151. The number of hydrogen-bond donors (Lipinski definition) is 0. The predicted molar refractivity (Wildman–Crippen MR) is 409 cm³/mol. The van der Waals surface area contributed by atoms with E-state index in [1.807, 2.05) is 0 Å². The molecule has 0 spiro atoms. The fourth-order valence-corrected chi connectivity index (χ4v) is 12.9. The highest BCUT2D eigenvalue weighted by molar-refractivity contribution is 5.73. The molecule has 0 aliphatic rings. The highest BCUT2D eigenvalue weighted by atomic mass is 16.5. The smallest absolute Gasteiger partial charge is 0.308 e. The summed E-state index contributed by atoms with van der Waals surface area (Å²) in [6.45, 7) is 33.2. The molecule has 0 rings (SSSR count). The van der Waals surface area contributed by atoms with Crippen molar-refractivity contribution in [2.75, 3.05) is 139 Å². The van der Waals surface area contributed by atoms with Gasteiger partial charge in [0.1, 0.15) is 0 Å². The highest BCUT2D eigenvalue weighted by Crippen LogP contribution is 2.24. The molecule has 15 nitrogen and oxygen atoms in total. The molecule has 0 saturated heterocycles. The molecular formula is C83H163N3O12. The summed E-state index contributed by atoms with van der Waals surface area (Å²) in [5.41, 5.74) is 0. The molecule has 0 aromatic carbocycles. The number of carbonyl (C=O) groups is 4. The summed E-state index contributed by atoms with van der Waals surface area (Å²) in [6, 6.07) is 0. The zero-order chi connectivity index (χ0) is 71.7. The quantitative estimate of drug-likeness (QED) is 0.0322. The first-order valence-corrected chi connectivity index (χ1v) is 42.2. The SMILES string of the molecule is CCCCCCC(CCCC)C(=O)OCCCCOCCCN(CCCOCCCCOC(=O)C(CCCC)CCCCCC)CCCN(C)CCCN(CCCOCCCCOC(=O)C(CCCC)CCCCCC)CCCOCCCCOC(=O)C(CCCC)CCCCCC. The van der Waals surface area contributed by atoms with Gasteiger partial charge in [0.15, 0.2) is 0 Å². The molecule has 0 bridgehead atoms. The van der Waals surface area contributed by atoms with Crippen LogP contribution in [-0.4, -0.2) is 177 Å². The first-order chi connectivity index (χ1) is 48.0. The number of rotatable bonds is 80. The molecule has 0 aromatic rings. The molecule has 0 fully saturated rings. The molecule has 0 radical (unpaired) electrons. The number of carbonyl (C=O) groups excluding carboxylic acids is 4. The average Bonchev–Trinajstić information content (AvgIpc) is 2.17. The summed E-state index contributed by atoms with van der Waals surface area (Å²) >= 11 is 0. The van der Waals surface area contributed by atoms with Crippen molar-refractivity contribution in [2.24, 2.45) is 23.7 Å². The van der Waals surface area contributed by atoms with Crippen LogP contribution in [-0.2, 0) is 57.1 Å². The third-order valence-corrected chi connectivity index (χ3v) is 19.4. The molecule has 4 unspecified atom stereocenters. The lowest BCUT2D eigenvalue weighted by Crippen LogP contribution is -2.33. The standard InChI is InChI=1S/C83H163N3O12/c1-10-18-26-30-52-76(48-22-14-5)80(87)95-72-38-34-64-91-68-44-60-85(61-45-69-92-65-35-39-73-96-81(88)77(49-23-15-6)53-31-27-19-11-2)58-42-56-84(9)57-43-59-86(62-46-70-93-66-36-40-74-97-82(89)78(50-24-16-7)54-32-28-20-12-3)63-47-71-94-67-37-41-75-98-83(90)79(51-25-17-8)55-33-29-21-13-4/h76-79H,10-75H2,1-9H3. The molecule has 0 amide bonds. The summed E-state index contributed by atoms with van der Waals surface area (Å²) in [6.07, 6.45) is 48.2. The van der Waals surface area contributed by atoms with Gasteiger partial charge in [0.2, 0.25) is 0 Å². The predicted octanol–water partition coefficient (Wildman–Crippen LogP) is 20.3. The van der Waals surface area contributed by atoms with Crippen LogP contribution in [0.5, 0.6) is 0 Å². The van der Waals surface area contributed by atoms with Gasteiger partial charge < -0.3 is 52.6 Å². The monoisotopic (exact) mass is 1390 g/mol. The summed E-state index contributed by atoms with van der Waals surface area (Å²) in [5, 5.41) is 0. The van der Waals surface area contributed by atoms with Gasteiger partial charge in [-0.2, -0.15) is 0 Å². The molecule has 582 valence electrons. The van der Waals surface area contributed by atoms with E-state index in [1.165, 1.54) is 77.0 Å². The van der Waals surface area contributed by atoms with E-state index >= 15 is 0 Å². The van der Waals surface area contributed by atoms with Crippen LogP contribution in [0.1, 0.15) is 351 Å². The Morgan fingerprint density at radius 3 is 0.633 bits per heavy atom. The third kappa shape index (κ3) is 62.2. The number of unbranched alkanes of at least 4 members (excludes halogenated alkanes) is 20. The Bertz CT molecular complexity index is 1470. The summed E-state index contributed by atoms with van der Waals surface area (Å²) in [4.78, 5) is 59.5. The lowest BCUT2D eigenvalue weighted by molar-refractivity contribution is -0.150. The average molecular weight is 1400 g/mol. The maximum atomic E-state index is 13.0. The second-order valence-electron chi connectivity index (χ2n) is 28.8. The molecule has 15 heteroatoms. The second kappa shape index (κ2) is 75.7. The zero-order valence-corrected chi connectivity index (χ0v) is 66.2. The minimum atomic E-state index is -0.00300. The van der Waals surface area contributed by atoms with Gasteiger partial charge in [-0.15, -0.1) is 0 Å².